The van der Waals surface area contributed by atoms with Crippen molar-refractivity contribution in [3.8, 4) is 0 Å². The summed E-state index contributed by atoms with van der Waals surface area (Å²) in [7, 11) is 1.76. The molecular weight excluding hydrogens is 182 g/mol. The highest BCUT2D eigenvalue weighted by Gasteiger charge is 2.23. The van der Waals surface area contributed by atoms with Gasteiger partial charge in [0.05, 0.1) is 6.61 Å². The zero-order valence-electron chi connectivity index (χ0n) is 8.71. The molecule has 0 spiro atoms. The van der Waals surface area contributed by atoms with Crippen molar-refractivity contribution in [2.24, 2.45) is 0 Å². The molecule has 2 unspecified atom stereocenters. The summed E-state index contributed by atoms with van der Waals surface area (Å²) in [6.45, 7) is 4.09. The van der Waals surface area contributed by atoms with Crippen LogP contribution in [0.15, 0.2) is 0 Å². The van der Waals surface area contributed by atoms with Gasteiger partial charge in [-0.25, -0.2) is 0 Å². The number of hydrogen-bond donors (Lipinski definition) is 1. The van der Waals surface area contributed by atoms with Crippen molar-refractivity contribution in [1.82, 2.24) is 5.32 Å². The number of methoxy groups -OCH3 is 1. The third kappa shape index (κ3) is 4.34. The number of rotatable bonds is 6. The summed E-state index contributed by atoms with van der Waals surface area (Å²) < 4.78 is 5.01. The van der Waals surface area contributed by atoms with Crippen LogP contribution in [0.2, 0.25) is 0 Å². The summed E-state index contributed by atoms with van der Waals surface area (Å²) in [6.07, 6.45) is 4.09. The van der Waals surface area contributed by atoms with Gasteiger partial charge < -0.3 is 10.1 Å². The minimum atomic E-state index is 0.749. The van der Waals surface area contributed by atoms with Gasteiger partial charge in [0.2, 0.25) is 0 Å². The second-order valence-corrected chi connectivity index (χ2v) is 5.11. The van der Waals surface area contributed by atoms with Gasteiger partial charge in [0.1, 0.15) is 0 Å². The first-order valence-electron chi connectivity index (χ1n) is 5.20. The Labute approximate surface area is 85.8 Å². The largest absolute Gasteiger partial charge is 0.383 e. The third-order valence-corrected chi connectivity index (χ3v) is 3.76. The molecule has 1 N–H and O–H groups in total. The maximum Gasteiger partial charge on any atom is 0.0587 e. The quantitative estimate of drug-likeness (QED) is 0.666. The van der Waals surface area contributed by atoms with Gasteiger partial charge in [-0.3, -0.25) is 0 Å². The van der Waals surface area contributed by atoms with Crippen LogP contribution in [0.3, 0.4) is 0 Å². The molecule has 0 heterocycles. The van der Waals surface area contributed by atoms with Gasteiger partial charge in [-0.15, -0.1) is 0 Å². The molecule has 0 amide bonds. The van der Waals surface area contributed by atoms with E-state index < -0.39 is 0 Å². The molecule has 1 aliphatic rings. The van der Waals surface area contributed by atoms with Gasteiger partial charge in [0.25, 0.3) is 0 Å². The molecule has 0 aliphatic heterocycles. The van der Waals surface area contributed by atoms with E-state index in [0.29, 0.717) is 0 Å². The fourth-order valence-corrected chi connectivity index (χ4v) is 3.02. The Balaban J connectivity index is 2.03. The van der Waals surface area contributed by atoms with E-state index in [1.807, 2.05) is 0 Å². The summed E-state index contributed by atoms with van der Waals surface area (Å²) in [5.74, 6) is 1.26. The first kappa shape index (κ1) is 11.3. The van der Waals surface area contributed by atoms with Crippen LogP contribution in [-0.4, -0.2) is 37.3 Å². The molecule has 0 aromatic heterocycles. The highest BCUT2D eigenvalue weighted by atomic mass is 32.2. The minimum absolute atomic E-state index is 0.749. The first-order chi connectivity index (χ1) is 6.36. The molecule has 1 fully saturated rings. The van der Waals surface area contributed by atoms with E-state index in [9.17, 15) is 0 Å². The molecule has 2 atom stereocenters. The Morgan fingerprint density at radius 3 is 3.00 bits per heavy atom. The highest BCUT2D eigenvalue weighted by Crippen LogP contribution is 2.29. The van der Waals surface area contributed by atoms with E-state index in [1.54, 1.807) is 7.11 Å². The van der Waals surface area contributed by atoms with E-state index in [4.69, 9.17) is 4.74 Å². The van der Waals surface area contributed by atoms with Crippen LogP contribution in [0, 0.1) is 0 Å². The molecule has 0 aromatic carbocycles. The van der Waals surface area contributed by atoms with Gasteiger partial charge in [-0.2, -0.15) is 11.8 Å². The highest BCUT2D eigenvalue weighted by molar-refractivity contribution is 7.99. The average Bonchev–Trinajstić information content (AvgIpc) is 2.54. The van der Waals surface area contributed by atoms with E-state index in [0.717, 1.165) is 24.4 Å². The van der Waals surface area contributed by atoms with Gasteiger partial charge in [0, 0.05) is 24.9 Å². The lowest BCUT2D eigenvalue weighted by atomic mass is 10.2. The lowest BCUT2D eigenvalue weighted by Gasteiger charge is -2.12. The van der Waals surface area contributed by atoms with Crippen molar-refractivity contribution in [2.45, 2.75) is 37.5 Å². The molecule has 0 aromatic rings. The topological polar surface area (TPSA) is 21.3 Å². The van der Waals surface area contributed by atoms with Gasteiger partial charge in [-0.05, 0) is 25.0 Å². The maximum atomic E-state index is 5.01. The molecule has 1 saturated carbocycles. The normalized spacial score (nSPS) is 28.2. The monoisotopic (exact) mass is 203 g/mol. The number of nitrogens with one attached hydrogen (secondary N) is 1. The molecule has 0 radical (unpaired) electrons. The third-order valence-electron chi connectivity index (χ3n) is 2.53. The fourth-order valence-electron chi connectivity index (χ4n) is 1.88. The van der Waals surface area contributed by atoms with E-state index in [1.165, 1.54) is 25.0 Å². The van der Waals surface area contributed by atoms with Gasteiger partial charge in [-0.1, -0.05) is 6.92 Å². The van der Waals surface area contributed by atoms with Crippen molar-refractivity contribution in [3.63, 3.8) is 0 Å². The average molecular weight is 203 g/mol. The smallest absolute Gasteiger partial charge is 0.0587 e. The fraction of sp³-hybridized carbons (Fsp3) is 1.00. The van der Waals surface area contributed by atoms with Crippen molar-refractivity contribution in [3.05, 3.63) is 0 Å². The Morgan fingerprint density at radius 1 is 1.46 bits per heavy atom. The molecule has 0 bridgehead atoms. The molecule has 2 nitrogen and oxygen atoms in total. The van der Waals surface area contributed by atoms with Gasteiger partial charge in [0.15, 0.2) is 0 Å². The SMILES string of the molecule is CCSC1CCC(NCCOC)C1. The second kappa shape index (κ2) is 6.68. The zero-order valence-corrected chi connectivity index (χ0v) is 9.53. The zero-order chi connectivity index (χ0) is 9.52. The van der Waals surface area contributed by atoms with Crippen molar-refractivity contribution in [1.29, 1.82) is 0 Å². The Bertz CT molecular complexity index is 132. The van der Waals surface area contributed by atoms with E-state index in [-0.39, 0.29) is 0 Å². The Morgan fingerprint density at radius 2 is 2.31 bits per heavy atom. The van der Waals surface area contributed by atoms with Crippen LogP contribution in [0.25, 0.3) is 0 Å². The summed E-state index contributed by atoms with van der Waals surface area (Å²) >= 11 is 2.11. The van der Waals surface area contributed by atoms with Crippen molar-refractivity contribution in [2.75, 3.05) is 26.0 Å². The lowest BCUT2D eigenvalue weighted by molar-refractivity contribution is 0.196. The molecule has 3 heteroatoms. The molecule has 1 rings (SSSR count). The second-order valence-electron chi connectivity index (χ2n) is 3.53. The lowest BCUT2D eigenvalue weighted by Crippen LogP contribution is -2.29. The number of hydrogen-bond acceptors (Lipinski definition) is 3. The number of thioether (sulfide) groups is 1. The molecule has 13 heavy (non-hydrogen) atoms. The van der Waals surface area contributed by atoms with Crippen LogP contribution in [0.4, 0.5) is 0 Å². The predicted molar refractivity (Wildman–Crippen MR) is 59.4 cm³/mol. The van der Waals surface area contributed by atoms with Crippen LogP contribution in [-0.2, 0) is 4.74 Å². The molecule has 1 aliphatic carbocycles. The van der Waals surface area contributed by atoms with Crippen molar-refractivity contribution >= 4 is 11.8 Å². The van der Waals surface area contributed by atoms with Gasteiger partial charge >= 0.3 is 0 Å². The Kier molecular flexibility index (Phi) is 5.83. The predicted octanol–water partition coefficient (Wildman–Crippen LogP) is 1.90. The summed E-state index contributed by atoms with van der Waals surface area (Å²) in [5, 5.41) is 4.44. The van der Waals surface area contributed by atoms with E-state index >= 15 is 0 Å². The summed E-state index contributed by atoms with van der Waals surface area (Å²) in [5.41, 5.74) is 0. The van der Waals surface area contributed by atoms with Crippen LogP contribution < -0.4 is 5.32 Å². The maximum absolute atomic E-state index is 5.01. The van der Waals surface area contributed by atoms with Crippen LogP contribution in [0.1, 0.15) is 26.2 Å². The minimum Gasteiger partial charge on any atom is -0.383 e. The summed E-state index contributed by atoms with van der Waals surface area (Å²) in [4.78, 5) is 0. The van der Waals surface area contributed by atoms with Crippen LogP contribution >= 0.6 is 11.8 Å². The standard InChI is InChI=1S/C10H21NOS/c1-3-13-10-5-4-9(8-10)11-6-7-12-2/h9-11H,3-8H2,1-2H3. The molecule has 0 saturated heterocycles. The molecule has 78 valence electrons. The first-order valence-corrected chi connectivity index (χ1v) is 6.25. The van der Waals surface area contributed by atoms with Crippen LogP contribution in [0.5, 0.6) is 0 Å². The molecular formula is C10H21NOS. The van der Waals surface area contributed by atoms with Crippen molar-refractivity contribution < 1.29 is 4.74 Å². The number of ether oxygens (including phenoxy) is 1. The summed E-state index contributed by atoms with van der Waals surface area (Å²) in [6, 6.07) is 0.749. The van der Waals surface area contributed by atoms with E-state index in [2.05, 4.69) is 24.0 Å². The Hall–Kier alpha value is 0.270.